The van der Waals surface area contributed by atoms with Crippen molar-refractivity contribution in [3.05, 3.63) is 18.1 Å². The third kappa shape index (κ3) is 2.96. The zero-order chi connectivity index (χ0) is 15.5. The van der Waals surface area contributed by atoms with E-state index in [9.17, 15) is 14.7 Å². The van der Waals surface area contributed by atoms with Crippen molar-refractivity contribution < 1.29 is 14.7 Å². The van der Waals surface area contributed by atoms with Crippen molar-refractivity contribution in [2.24, 2.45) is 11.1 Å². The predicted molar refractivity (Wildman–Crippen MR) is 77.0 cm³/mol. The quantitative estimate of drug-likeness (QED) is 0.839. The highest BCUT2D eigenvalue weighted by Gasteiger charge is 2.41. The van der Waals surface area contributed by atoms with Crippen LogP contribution in [0.4, 0.5) is 5.82 Å². The van der Waals surface area contributed by atoms with Gasteiger partial charge in [-0.1, -0.05) is 13.3 Å². The van der Waals surface area contributed by atoms with Gasteiger partial charge in [-0.25, -0.2) is 9.97 Å². The van der Waals surface area contributed by atoms with Gasteiger partial charge in [-0.3, -0.25) is 9.59 Å². The zero-order valence-electron chi connectivity index (χ0n) is 12.1. The average molecular weight is 292 g/mol. The van der Waals surface area contributed by atoms with Crippen molar-refractivity contribution in [1.29, 1.82) is 0 Å². The van der Waals surface area contributed by atoms with Gasteiger partial charge in [0.15, 0.2) is 11.5 Å². The van der Waals surface area contributed by atoms with Crippen LogP contribution in [0.3, 0.4) is 0 Å². The molecule has 0 aliphatic carbocycles. The fourth-order valence-electron chi connectivity index (χ4n) is 2.93. The summed E-state index contributed by atoms with van der Waals surface area (Å²) in [6, 6.07) is 0. The fraction of sp³-hybridized carbons (Fsp3) is 0.571. The highest BCUT2D eigenvalue weighted by atomic mass is 16.4. The molecule has 114 valence electrons. The Hall–Kier alpha value is -2.18. The highest BCUT2D eigenvalue weighted by Crippen LogP contribution is 2.37. The molecule has 7 nitrogen and oxygen atoms in total. The number of carbonyl (C=O) groups excluding carboxylic acids is 1. The standard InChI is InChI=1S/C14H20N4O3/c1-2-3-14(13(20)21)4-8-18(9-5-14)12-10(11(15)19)16-6-7-17-12/h6-7H,2-5,8-9H2,1H3,(H2,15,19)(H,20,21). The van der Waals surface area contributed by atoms with Gasteiger partial charge in [0.2, 0.25) is 0 Å². The number of hydrogen-bond donors (Lipinski definition) is 2. The third-order valence-electron chi connectivity index (χ3n) is 4.11. The number of carbonyl (C=O) groups is 2. The first-order chi connectivity index (χ1) is 10.00. The van der Waals surface area contributed by atoms with Crippen molar-refractivity contribution in [3.8, 4) is 0 Å². The summed E-state index contributed by atoms with van der Waals surface area (Å²) in [5.74, 6) is -0.916. The zero-order valence-corrected chi connectivity index (χ0v) is 12.1. The summed E-state index contributed by atoms with van der Waals surface area (Å²) >= 11 is 0. The number of amides is 1. The lowest BCUT2D eigenvalue weighted by molar-refractivity contribution is -0.150. The Morgan fingerprint density at radius 2 is 1.95 bits per heavy atom. The summed E-state index contributed by atoms with van der Waals surface area (Å²) in [7, 11) is 0. The lowest BCUT2D eigenvalue weighted by Gasteiger charge is -2.39. The van der Waals surface area contributed by atoms with Crippen LogP contribution in [0.5, 0.6) is 0 Å². The molecule has 3 N–H and O–H groups in total. The maximum atomic E-state index is 11.6. The Kier molecular flexibility index (Phi) is 4.40. The van der Waals surface area contributed by atoms with Crippen LogP contribution in [0, 0.1) is 5.41 Å². The first-order valence-electron chi connectivity index (χ1n) is 7.09. The van der Waals surface area contributed by atoms with Gasteiger partial charge in [0.1, 0.15) is 0 Å². The molecule has 1 amide bonds. The number of nitrogens with zero attached hydrogens (tertiary/aromatic N) is 3. The summed E-state index contributed by atoms with van der Waals surface area (Å²) in [5, 5.41) is 9.50. The number of rotatable bonds is 5. The van der Waals surface area contributed by atoms with Crippen LogP contribution in [0.1, 0.15) is 43.1 Å². The van der Waals surface area contributed by atoms with E-state index >= 15 is 0 Å². The van der Waals surface area contributed by atoms with Crippen LogP contribution in [-0.2, 0) is 4.79 Å². The van der Waals surface area contributed by atoms with E-state index in [4.69, 9.17) is 5.73 Å². The highest BCUT2D eigenvalue weighted by molar-refractivity contribution is 5.95. The van der Waals surface area contributed by atoms with E-state index < -0.39 is 17.3 Å². The van der Waals surface area contributed by atoms with Gasteiger partial charge in [0, 0.05) is 25.5 Å². The number of carboxylic acid groups (broad SMARTS) is 1. The molecule has 1 aromatic rings. The van der Waals surface area contributed by atoms with E-state index in [-0.39, 0.29) is 5.69 Å². The maximum absolute atomic E-state index is 11.6. The minimum absolute atomic E-state index is 0.135. The summed E-state index contributed by atoms with van der Waals surface area (Å²) in [4.78, 5) is 33.0. The van der Waals surface area contributed by atoms with Crippen molar-refractivity contribution in [2.45, 2.75) is 32.6 Å². The lowest BCUT2D eigenvalue weighted by Crippen LogP contribution is -2.45. The second-order valence-corrected chi connectivity index (χ2v) is 5.42. The SMILES string of the molecule is CCCC1(C(=O)O)CCN(c2nccnc2C(N)=O)CC1. The summed E-state index contributed by atoms with van der Waals surface area (Å²) in [6.07, 6.45) is 5.50. The molecule has 0 radical (unpaired) electrons. The van der Waals surface area contributed by atoms with Gasteiger partial charge in [0.25, 0.3) is 5.91 Å². The molecule has 0 saturated carbocycles. The van der Waals surface area contributed by atoms with Crippen LogP contribution in [0.25, 0.3) is 0 Å². The normalized spacial score (nSPS) is 17.5. The number of primary amides is 1. The molecular weight excluding hydrogens is 272 g/mol. The second kappa shape index (κ2) is 6.07. The molecule has 2 heterocycles. The van der Waals surface area contributed by atoms with E-state index in [0.29, 0.717) is 38.2 Å². The van der Waals surface area contributed by atoms with Gasteiger partial charge in [-0.05, 0) is 19.3 Å². The minimum atomic E-state index is -0.738. The van der Waals surface area contributed by atoms with Crippen LogP contribution in [0.15, 0.2) is 12.4 Å². The fourth-order valence-corrected chi connectivity index (χ4v) is 2.93. The summed E-state index contributed by atoms with van der Waals surface area (Å²) < 4.78 is 0. The third-order valence-corrected chi connectivity index (χ3v) is 4.11. The second-order valence-electron chi connectivity index (χ2n) is 5.42. The smallest absolute Gasteiger partial charge is 0.309 e. The molecule has 0 spiro atoms. The average Bonchev–Trinajstić information content (AvgIpc) is 2.48. The molecule has 2 rings (SSSR count). The molecule has 0 unspecified atom stereocenters. The number of aromatic nitrogens is 2. The lowest BCUT2D eigenvalue weighted by atomic mass is 9.75. The predicted octanol–water partition coefficient (Wildman–Crippen LogP) is 1.05. The molecule has 1 aliphatic rings. The van der Waals surface area contributed by atoms with E-state index in [2.05, 4.69) is 9.97 Å². The molecule has 1 saturated heterocycles. The Labute approximate surface area is 123 Å². The monoisotopic (exact) mass is 292 g/mol. The van der Waals surface area contributed by atoms with Gasteiger partial charge in [-0.15, -0.1) is 0 Å². The van der Waals surface area contributed by atoms with Crippen molar-refractivity contribution in [3.63, 3.8) is 0 Å². The number of piperidine rings is 1. The number of nitrogens with two attached hydrogens (primary N) is 1. The van der Waals surface area contributed by atoms with Gasteiger partial charge < -0.3 is 15.7 Å². The topological polar surface area (TPSA) is 109 Å². The van der Waals surface area contributed by atoms with Gasteiger partial charge in [-0.2, -0.15) is 0 Å². The van der Waals surface area contributed by atoms with E-state index in [1.54, 1.807) is 0 Å². The van der Waals surface area contributed by atoms with Crippen LogP contribution in [-0.4, -0.2) is 40.0 Å². The van der Waals surface area contributed by atoms with Crippen LogP contribution < -0.4 is 10.6 Å². The molecule has 0 bridgehead atoms. The van der Waals surface area contributed by atoms with Crippen molar-refractivity contribution >= 4 is 17.7 Å². The molecule has 0 atom stereocenters. The van der Waals surface area contributed by atoms with E-state index in [1.165, 1.54) is 12.4 Å². The molecule has 0 aromatic carbocycles. The largest absolute Gasteiger partial charge is 0.481 e. The summed E-state index contributed by atoms with van der Waals surface area (Å²) in [6.45, 7) is 3.06. The number of aliphatic carboxylic acids is 1. The maximum Gasteiger partial charge on any atom is 0.309 e. The Balaban J connectivity index is 2.18. The molecule has 1 fully saturated rings. The Bertz CT molecular complexity index is 539. The first kappa shape index (κ1) is 15.2. The van der Waals surface area contributed by atoms with E-state index in [1.807, 2.05) is 11.8 Å². The molecule has 7 heteroatoms. The van der Waals surface area contributed by atoms with Crippen LogP contribution in [0.2, 0.25) is 0 Å². The first-order valence-corrected chi connectivity index (χ1v) is 7.09. The minimum Gasteiger partial charge on any atom is -0.481 e. The Morgan fingerprint density at radius 3 is 2.48 bits per heavy atom. The van der Waals surface area contributed by atoms with E-state index in [0.717, 1.165) is 6.42 Å². The van der Waals surface area contributed by atoms with Crippen molar-refractivity contribution in [1.82, 2.24) is 9.97 Å². The molecule has 1 aliphatic heterocycles. The summed E-state index contributed by atoms with van der Waals surface area (Å²) in [5.41, 5.74) is 4.78. The number of carboxylic acids is 1. The van der Waals surface area contributed by atoms with Gasteiger partial charge >= 0.3 is 5.97 Å². The molecule has 1 aromatic heterocycles. The van der Waals surface area contributed by atoms with Gasteiger partial charge in [0.05, 0.1) is 5.41 Å². The molecular formula is C14H20N4O3. The molecule has 21 heavy (non-hydrogen) atoms. The number of hydrogen-bond acceptors (Lipinski definition) is 5. The van der Waals surface area contributed by atoms with Crippen LogP contribution >= 0.6 is 0 Å². The van der Waals surface area contributed by atoms with Crippen molar-refractivity contribution in [2.75, 3.05) is 18.0 Å². The number of anilines is 1. The Morgan fingerprint density at radius 1 is 1.33 bits per heavy atom.